The van der Waals surface area contributed by atoms with Crippen LogP contribution in [-0.2, 0) is 10.0 Å². The van der Waals surface area contributed by atoms with E-state index >= 15 is 0 Å². The van der Waals surface area contributed by atoms with Gasteiger partial charge in [0, 0.05) is 13.1 Å². The molecular formula is C5H9F2NO2S. The second-order valence-electron chi connectivity index (χ2n) is 2.41. The molecule has 0 spiro atoms. The van der Waals surface area contributed by atoms with Crippen LogP contribution >= 0.6 is 0 Å². The normalized spacial score (nSPS) is 21.4. The van der Waals surface area contributed by atoms with Crippen LogP contribution in [0.5, 0.6) is 0 Å². The van der Waals surface area contributed by atoms with Crippen LogP contribution < -0.4 is 0 Å². The van der Waals surface area contributed by atoms with E-state index in [1.807, 2.05) is 0 Å². The molecule has 0 saturated carbocycles. The number of hydrogen-bond acceptors (Lipinski definition) is 2. The summed E-state index contributed by atoms with van der Waals surface area (Å²) in [6.45, 7) is 0.485. The highest BCUT2D eigenvalue weighted by Crippen LogP contribution is 2.17. The predicted octanol–water partition coefficient (Wildman–Crippen LogP) is 0.635. The van der Waals surface area contributed by atoms with Crippen molar-refractivity contribution in [2.75, 3.05) is 13.1 Å². The molecule has 0 atom stereocenters. The predicted molar refractivity (Wildman–Crippen MR) is 35.7 cm³/mol. The van der Waals surface area contributed by atoms with Crippen molar-refractivity contribution in [2.45, 2.75) is 18.6 Å². The second kappa shape index (κ2) is 3.02. The van der Waals surface area contributed by atoms with Crippen molar-refractivity contribution in [3.8, 4) is 0 Å². The Morgan fingerprint density at radius 2 is 1.64 bits per heavy atom. The van der Waals surface area contributed by atoms with Crippen LogP contribution in [0.2, 0.25) is 0 Å². The van der Waals surface area contributed by atoms with Gasteiger partial charge in [-0.25, -0.2) is 8.42 Å². The first-order valence-corrected chi connectivity index (χ1v) is 4.82. The molecule has 6 heteroatoms. The fourth-order valence-corrected chi connectivity index (χ4v) is 2.05. The molecule has 0 unspecified atom stereocenters. The van der Waals surface area contributed by atoms with E-state index in [-0.39, 0.29) is 13.1 Å². The van der Waals surface area contributed by atoms with Gasteiger partial charge >= 0.3 is 5.76 Å². The van der Waals surface area contributed by atoms with Gasteiger partial charge in [0.05, 0.1) is 0 Å². The lowest BCUT2D eigenvalue weighted by Crippen LogP contribution is -2.32. The van der Waals surface area contributed by atoms with Gasteiger partial charge < -0.3 is 0 Å². The quantitative estimate of drug-likeness (QED) is 0.633. The maximum absolute atomic E-state index is 11.8. The summed E-state index contributed by atoms with van der Waals surface area (Å²) in [5.74, 6) is -3.26. The van der Waals surface area contributed by atoms with Crippen LogP contribution in [0.15, 0.2) is 0 Å². The number of sulfonamides is 1. The molecule has 1 rings (SSSR count). The third-order valence-electron chi connectivity index (χ3n) is 1.65. The molecule has 0 aliphatic carbocycles. The first-order chi connectivity index (χ1) is 5.05. The number of halogens is 2. The summed E-state index contributed by atoms with van der Waals surface area (Å²) >= 11 is 0. The molecule has 1 saturated heterocycles. The van der Waals surface area contributed by atoms with Crippen molar-refractivity contribution in [3.63, 3.8) is 0 Å². The fourth-order valence-electron chi connectivity index (χ4n) is 1.06. The van der Waals surface area contributed by atoms with Crippen LogP contribution in [0.25, 0.3) is 0 Å². The minimum absolute atomic E-state index is 0.243. The van der Waals surface area contributed by atoms with Crippen LogP contribution in [0.4, 0.5) is 8.78 Å². The average Bonchev–Trinajstić information content (AvgIpc) is 2.37. The molecule has 11 heavy (non-hydrogen) atoms. The first kappa shape index (κ1) is 8.86. The maximum atomic E-state index is 11.8. The summed E-state index contributed by atoms with van der Waals surface area (Å²) in [5, 5.41) is 0. The SMILES string of the molecule is O=S(=O)(C(F)F)N1CCCC1. The summed E-state index contributed by atoms with van der Waals surface area (Å²) in [4.78, 5) is 0. The number of rotatable bonds is 2. The molecule has 3 nitrogen and oxygen atoms in total. The van der Waals surface area contributed by atoms with E-state index in [0.29, 0.717) is 12.8 Å². The minimum Gasteiger partial charge on any atom is -0.206 e. The van der Waals surface area contributed by atoms with Gasteiger partial charge in [0.25, 0.3) is 10.0 Å². The fraction of sp³-hybridized carbons (Fsp3) is 1.00. The summed E-state index contributed by atoms with van der Waals surface area (Å²) in [5.41, 5.74) is 0. The molecule has 66 valence electrons. The monoisotopic (exact) mass is 185 g/mol. The third-order valence-corrected chi connectivity index (χ3v) is 3.19. The Labute approximate surface area is 64.0 Å². The Bertz CT molecular complexity index is 221. The van der Waals surface area contributed by atoms with Gasteiger partial charge in [-0.1, -0.05) is 0 Å². The van der Waals surface area contributed by atoms with Crippen LogP contribution in [0.3, 0.4) is 0 Å². The van der Waals surface area contributed by atoms with Gasteiger partial charge in [-0.15, -0.1) is 0 Å². The summed E-state index contributed by atoms with van der Waals surface area (Å²) in [6, 6.07) is 0. The summed E-state index contributed by atoms with van der Waals surface area (Å²) in [6.07, 6.45) is 1.37. The molecule has 1 heterocycles. The summed E-state index contributed by atoms with van der Waals surface area (Å²) in [7, 11) is -4.28. The van der Waals surface area contributed by atoms with Gasteiger partial charge in [0.15, 0.2) is 0 Å². The average molecular weight is 185 g/mol. The zero-order valence-corrected chi connectivity index (χ0v) is 6.65. The van der Waals surface area contributed by atoms with Crippen molar-refractivity contribution >= 4 is 10.0 Å². The molecule has 0 aromatic carbocycles. The lowest BCUT2D eigenvalue weighted by molar-refractivity contribution is 0.222. The number of alkyl halides is 2. The van der Waals surface area contributed by atoms with E-state index < -0.39 is 15.8 Å². The first-order valence-electron chi connectivity index (χ1n) is 3.32. The molecule has 0 amide bonds. The Hall–Kier alpha value is -0.230. The number of hydrogen-bond donors (Lipinski definition) is 0. The van der Waals surface area contributed by atoms with Crippen molar-refractivity contribution in [1.29, 1.82) is 0 Å². The van der Waals surface area contributed by atoms with E-state index in [4.69, 9.17) is 0 Å². The molecule has 0 bridgehead atoms. The number of nitrogens with zero attached hydrogens (tertiary/aromatic N) is 1. The van der Waals surface area contributed by atoms with E-state index in [0.717, 1.165) is 4.31 Å². The van der Waals surface area contributed by atoms with Crippen LogP contribution in [0.1, 0.15) is 12.8 Å². The molecule has 0 aromatic heterocycles. The van der Waals surface area contributed by atoms with Gasteiger partial charge in [0.2, 0.25) is 0 Å². The van der Waals surface area contributed by atoms with Crippen LogP contribution in [0, 0.1) is 0 Å². The van der Waals surface area contributed by atoms with Gasteiger partial charge in [-0.3, -0.25) is 0 Å². The van der Waals surface area contributed by atoms with Crippen molar-refractivity contribution in [3.05, 3.63) is 0 Å². The minimum atomic E-state index is -4.28. The molecule has 0 radical (unpaired) electrons. The maximum Gasteiger partial charge on any atom is 0.350 e. The molecule has 1 aliphatic rings. The lowest BCUT2D eigenvalue weighted by Gasteiger charge is -2.13. The standard InChI is InChI=1S/C5H9F2NO2S/c6-5(7)11(9,10)8-3-1-2-4-8/h5H,1-4H2. The van der Waals surface area contributed by atoms with Crippen molar-refractivity contribution < 1.29 is 17.2 Å². The zero-order chi connectivity index (χ0) is 8.48. The van der Waals surface area contributed by atoms with Crippen molar-refractivity contribution in [1.82, 2.24) is 4.31 Å². The van der Waals surface area contributed by atoms with Gasteiger partial charge in [-0.05, 0) is 12.8 Å². The second-order valence-corrected chi connectivity index (χ2v) is 4.31. The highest BCUT2D eigenvalue weighted by molar-refractivity contribution is 7.89. The Morgan fingerprint density at radius 3 is 2.00 bits per heavy atom. The smallest absolute Gasteiger partial charge is 0.206 e. The topological polar surface area (TPSA) is 37.4 Å². The van der Waals surface area contributed by atoms with E-state index in [9.17, 15) is 17.2 Å². The zero-order valence-electron chi connectivity index (χ0n) is 5.83. The van der Waals surface area contributed by atoms with E-state index in [1.54, 1.807) is 0 Å². The molecule has 0 N–H and O–H groups in total. The largest absolute Gasteiger partial charge is 0.350 e. The van der Waals surface area contributed by atoms with Gasteiger partial charge in [-0.2, -0.15) is 13.1 Å². The Balaban J connectivity index is 2.72. The molecule has 1 fully saturated rings. The highest BCUT2D eigenvalue weighted by Gasteiger charge is 2.33. The van der Waals surface area contributed by atoms with Crippen LogP contribution in [-0.4, -0.2) is 31.6 Å². The van der Waals surface area contributed by atoms with Crippen molar-refractivity contribution in [2.24, 2.45) is 0 Å². The Kier molecular flexibility index (Phi) is 2.43. The highest BCUT2D eigenvalue weighted by atomic mass is 32.2. The van der Waals surface area contributed by atoms with Gasteiger partial charge in [0.1, 0.15) is 0 Å². The molecule has 0 aromatic rings. The molecular weight excluding hydrogens is 176 g/mol. The molecule has 1 aliphatic heterocycles. The summed E-state index contributed by atoms with van der Waals surface area (Å²) < 4.78 is 45.9. The van der Waals surface area contributed by atoms with E-state index in [2.05, 4.69) is 0 Å². The Morgan fingerprint density at radius 1 is 1.18 bits per heavy atom. The lowest BCUT2D eigenvalue weighted by atomic mass is 10.4. The third kappa shape index (κ3) is 1.67. The van der Waals surface area contributed by atoms with E-state index in [1.165, 1.54) is 0 Å².